The fourth-order valence-electron chi connectivity index (χ4n) is 3.15. The maximum Gasteiger partial charge on any atom is 0.253 e. The minimum Gasteiger partial charge on any atom is -0.379 e. The first kappa shape index (κ1) is 18.3. The smallest absolute Gasteiger partial charge is 0.253 e. The highest BCUT2D eigenvalue weighted by Crippen LogP contribution is 2.19. The Morgan fingerprint density at radius 3 is 2.52 bits per heavy atom. The zero-order valence-electron chi connectivity index (χ0n) is 14.4. The highest BCUT2D eigenvalue weighted by molar-refractivity contribution is 7.90. The third kappa shape index (κ3) is 4.58. The van der Waals surface area contributed by atoms with Gasteiger partial charge in [0.25, 0.3) is 5.91 Å². The minimum atomic E-state index is -3.42. The summed E-state index contributed by atoms with van der Waals surface area (Å²) in [6, 6.07) is 8.77. The number of hydrogen-bond donors (Lipinski definition) is 1. The zero-order chi connectivity index (χ0) is 17.9. The number of rotatable bonds is 6. The van der Waals surface area contributed by atoms with E-state index in [1.54, 1.807) is 29.2 Å². The summed E-state index contributed by atoms with van der Waals surface area (Å²) in [7, 11) is -3.42. The molecule has 7 nitrogen and oxygen atoms in total. The number of morpholine rings is 1. The van der Waals surface area contributed by atoms with Crippen molar-refractivity contribution in [2.75, 3.05) is 45.9 Å². The summed E-state index contributed by atoms with van der Waals surface area (Å²) in [6.45, 7) is 6.07. The lowest BCUT2D eigenvalue weighted by molar-refractivity contribution is 0.0353. The van der Waals surface area contributed by atoms with Crippen molar-refractivity contribution in [2.45, 2.75) is 18.2 Å². The van der Waals surface area contributed by atoms with E-state index < -0.39 is 15.3 Å². The van der Waals surface area contributed by atoms with Crippen molar-refractivity contribution in [2.24, 2.45) is 0 Å². The van der Waals surface area contributed by atoms with Crippen molar-refractivity contribution < 1.29 is 17.9 Å². The van der Waals surface area contributed by atoms with Crippen molar-refractivity contribution in [3.63, 3.8) is 0 Å². The lowest BCUT2D eigenvalue weighted by Crippen LogP contribution is -2.60. The van der Waals surface area contributed by atoms with Crippen LogP contribution in [0.4, 0.5) is 0 Å². The van der Waals surface area contributed by atoms with Crippen LogP contribution in [0, 0.1) is 0 Å². The van der Waals surface area contributed by atoms with E-state index in [1.165, 1.54) is 0 Å². The molecule has 25 heavy (non-hydrogen) atoms. The van der Waals surface area contributed by atoms with Crippen LogP contribution >= 0.6 is 0 Å². The average molecular weight is 367 g/mol. The summed E-state index contributed by atoms with van der Waals surface area (Å²) in [5, 5.41) is -0.535. The Kier molecular flexibility index (Phi) is 5.73. The van der Waals surface area contributed by atoms with E-state index in [4.69, 9.17) is 4.74 Å². The Morgan fingerprint density at radius 2 is 1.88 bits per heavy atom. The van der Waals surface area contributed by atoms with Crippen LogP contribution in [0.2, 0.25) is 0 Å². The molecule has 2 saturated heterocycles. The molecule has 0 bridgehead atoms. The van der Waals surface area contributed by atoms with Gasteiger partial charge in [-0.2, -0.15) is 0 Å². The normalized spacial score (nSPS) is 20.9. The Bertz CT molecular complexity index is 683. The van der Waals surface area contributed by atoms with E-state index in [0.29, 0.717) is 25.3 Å². The molecule has 1 amide bonds. The van der Waals surface area contributed by atoms with E-state index in [-0.39, 0.29) is 25.0 Å². The largest absolute Gasteiger partial charge is 0.379 e. The van der Waals surface area contributed by atoms with Crippen LogP contribution in [0.25, 0.3) is 0 Å². The average Bonchev–Trinajstić information content (AvgIpc) is 2.54. The van der Waals surface area contributed by atoms with Gasteiger partial charge in [-0.3, -0.25) is 9.69 Å². The number of benzene rings is 1. The van der Waals surface area contributed by atoms with Gasteiger partial charge in [0, 0.05) is 44.3 Å². The lowest BCUT2D eigenvalue weighted by atomic mass is 10.1. The molecule has 0 spiro atoms. The molecule has 3 rings (SSSR count). The van der Waals surface area contributed by atoms with Gasteiger partial charge < -0.3 is 9.64 Å². The predicted molar refractivity (Wildman–Crippen MR) is 94.9 cm³/mol. The number of nitrogens with zero attached hydrogens (tertiary/aromatic N) is 2. The molecule has 0 aliphatic carbocycles. The van der Waals surface area contributed by atoms with Crippen LogP contribution in [-0.2, 0) is 14.8 Å². The van der Waals surface area contributed by atoms with E-state index in [2.05, 4.69) is 9.62 Å². The molecule has 2 aliphatic heterocycles. The summed E-state index contributed by atoms with van der Waals surface area (Å²) in [5.41, 5.74) is 0.590. The fourth-order valence-corrected chi connectivity index (χ4v) is 4.73. The monoisotopic (exact) mass is 367 g/mol. The fraction of sp³-hybridized carbons (Fsp3) is 0.588. The predicted octanol–water partition coefficient (Wildman–Crippen LogP) is 0.151. The first-order valence-electron chi connectivity index (χ1n) is 8.61. The maximum atomic E-state index is 12.5. The first-order chi connectivity index (χ1) is 12.0. The van der Waals surface area contributed by atoms with Crippen LogP contribution in [-0.4, -0.2) is 81.4 Å². The van der Waals surface area contributed by atoms with Crippen molar-refractivity contribution in [1.29, 1.82) is 0 Å². The Balaban J connectivity index is 1.48. The van der Waals surface area contributed by atoms with Crippen molar-refractivity contribution >= 4 is 15.9 Å². The van der Waals surface area contributed by atoms with Gasteiger partial charge in [0.2, 0.25) is 10.0 Å². The van der Waals surface area contributed by atoms with Gasteiger partial charge in [0.15, 0.2) is 0 Å². The molecule has 2 fully saturated rings. The number of amides is 1. The molecule has 138 valence electrons. The quantitative estimate of drug-likeness (QED) is 0.774. The molecule has 1 atom stereocenters. The summed E-state index contributed by atoms with van der Waals surface area (Å²) in [5.74, 6) is -0.117. The zero-order valence-corrected chi connectivity index (χ0v) is 15.2. The number of likely N-dealkylation sites (tertiary alicyclic amines) is 1. The first-order valence-corrected chi connectivity index (χ1v) is 10.2. The molecule has 0 radical (unpaired) electrons. The Morgan fingerprint density at radius 1 is 1.24 bits per heavy atom. The van der Waals surface area contributed by atoms with Gasteiger partial charge in [-0.1, -0.05) is 18.2 Å². The van der Waals surface area contributed by atoms with Crippen LogP contribution in [0.5, 0.6) is 0 Å². The molecular weight excluding hydrogens is 342 g/mol. The summed E-state index contributed by atoms with van der Waals surface area (Å²) in [6.07, 6.45) is 0. The van der Waals surface area contributed by atoms with E-state index in [9.17, 15) is 13.2 Å². The molecule has 1 aromatic carbocycles. The molecule has 1 N–H and O–H groups in total. The second-order valence-corrected chi connectivity index (χ2v) is 8.67. The topological polar surface area (TPSA) is 79.0 Å². The second kappa shape index (κ2) is 7.82. The number of nitrogens with one attached hydrogen (secondary N) is 1. The third-order valence-electron chi connectivity index (χ3n) is 4.60. The molecule has 0 saturated carbocycles. The molecule has 0 unspecified atom stereocenters. The van der Waals surface area contributed by atoms with E-state index >= 15 is 0 Å². The summed E-state index contributed by atoms with van der Waals surface area (Å²) < 4.78 is 33.0. The molecule has 0 aromatic heterocycles. The van der Waals surface area contributed by atoms with Gasteiger partial charge in [-0.15, -0.1) is 0 Å². The standard InChI is InChI=1S/C17H25N3O4S/c1-14(11-19-7-9-24-10-8-19)18-25(22,23)16-12-20(13-16)17(21)15-5-3-2-4-6-15/h2-6,14,16,18H,7-13H2,1H3/t14-/m0/s1. The van der Waals surface area contributed by atoms with Gasteiger partial charge >= 0.3 is 0 Å². The van der Waals surface area contributed by atoms with Gasteiger partial charge in [-0.25, -0.2) is 13.1 Å². The number of ether oxygens (including phenoxy) is 1. The lowest BCUT2D eigenvalue weighted by Gasteiger charge is -2.39. The minimum absolute atomic E-state index is 0.117. The maximum absolute atomic E-state index is 12.5. The molecule has 1 aromatic rings. The number of carbonyl (C=O) groups excluding carboxylic acids is 1. The Hall–Kier alpha value is -1.48. The number of hydrogen-bond acceptors (Lipinski definition) is 5. The van der Waals surface area contributed by atoms with Crippen LogP contribution in [0.1, 0.15) is 17.3 Å². The Labute approximate surface area is 149 Å². The third-order valence-corrected chi connectivity index (χ3v) is 6.50. The second-order valence-electron chi connectivity index (χ2n) is 6.68. The van der Waals surface area contributed by atoms with E-state index in [1.807, 2.05) is 13.0 Å². The SMILES string of the molecule is C[C@@H](CN1CCOCC1)NS(=O)(=O)C1CN(C(=O)c2ccccc2)C1. The van der Waals surface area contributed by atoms with Crippen LogP contribution in [0.15, 0.2) is 30.3 Å². The van der Waals surface area contributed by atoms with Gasteiger partial charge in [-0.05, 0) is 19.1 Å². The number of carbonyl (C=O) groups is 1. The van der Waals surface area contributed by atoms with Gasteiger partial charge in [0.1, 0.15) is 5.25 Å². The molecule has 2 heterocycles. The molecule has 8 heteroatoms. The highest BCUT2D eigenvalue weighted by Gasteiger charge is 2.40. The number of sulfonamides is 1. The van der Waals surface area contributed by atoms with Crippen LogP contribution < -0.4 is 4.72 Å². The van der Waals surface area contributed by atoms with Crippen LogP contribution in [0.3, 0.4) is 0 Å². The van der Waals surface area contributed by atoms with Gasteiger partial charge in [0.05, 0.1) is 13.2 Å². The summed E-state index contributed by atoms with van der Waals surface area (Å²) in [4.78, 5) is 16.0. The highest BCUT2D eigenvalue weighted by atomic mass is 32.2. The molecular formula is C17H25N3O4S. The van der Waals surface area contributed by atoms with Crippen molar-refractivity contribution in [3.8, 4) is 0 Å². The van der Waals surface area contributed by atoms with Crippen molar-refractivity contribution in [1.82, 2.24) is 14.5 Å². The van der Waals surface area contributed by atoms with E-state index in [0.717, 1.165) is 13.1 Å². The molecule has 2 aliphatic rings. The van der Waals surface area contributed by atoms with Crippen molar-refractivity contribution in [3.05, 3.63) is 35.9 Å². The summed E-state index contributed by atoms with van der Waals surface area (Å²) >= 11 is 0.